The molecule has 5 nitrogen and oxygen atoms in total. The molecule has 22 heavy (non-hydrogen) atoms. The van der Waals surface area contributed by atoms with Crippen molar-refractivity contribution in [3.63, 3.8) is 0 Å². The summed E-state index contributed by atoms with van der Waals surface area (Å²) in [6.07, 6.45) is 2.20. The Kier molecular flexibility index (Phi) is 5.66. The van der Waals surface area contributed by atoms with Crippen molar-refractivity contribution in [1.29, 1.82) is 0 Å². The number of phenolic OH excluding ortho intramolecular Hbond substituents is 1. The number of aromatic hydroxyl groups is 1. The highest BCUT2D eigenvalue weighted by atomic mass is 35.5. The maximum Gasteiger partial charge on any atom is 0.257 e. The number of halogens is 1. The van der Waals surface area contributed by atoms with E-state index in [0.717, 1.165) is 6.42 Å². The number of amides is 2. The molecule has 0 bridgehead atoms. The molecule has 0 aromatic heterocycles. The van der Waals surface area contributed by atoms with Crippen LogP contribution in [-0.2, 0) is 4.79 Å². The first-order valence-electron chi connectivity index (χ1n) is 7.58. The van der Waals surface area contributed by atoms with Crippen LogP contribution in [0.2, 0.25) is 5.02 Å². The van der Waals surface area contributed by atoms with Crippen LogP contribution in [0, 0.1) is 5.92 Å². The van der Waals surface area contributed by atoms with E-state index in [9.17, 15) is 14.7 Å². The van der Waals surface area contributed by atoms with Gasteiger partial charge in [-0.1, -0.05) is 18.5 Å². The number of phenols is 1. The van der Waals surface area contributed by atoms with Gasteiger partial charge in [-0.25, -0.2) is 0 Å². The van der Waals surface area contributed by atoms with Crippen LogP contribution in [-0.4, -0.2) is 41.5 Å². The molecule has 120 valence electrons. The molecular formula is C16H21ClN2O3. The maximum atomic E-state index is 12.4. The first kappa shape index (κ1) is 16.6. The number of benzene rings is 1. The van der Waals surface area contributed by atoms with Gasteiger partial charge in [0, 0.05) is 30.6 Å². The second kappa shape index (κ2) is 7.49. The molecule has 1 heterocycles. The molecule has 0 aliphatic carbocycles. The van der Waals surface area contributed by atoms with Gasteiger partial charge in [-0.05, 0) is 37.5 Å². The number of rotatable bonds is 4. The number of hydrogen-bond donors (Lipinski definition) is 2. The average molecular weight is 325 g/mol. The van der Waals surface area contributed by atoms with Crippen molar-refractivity contribution in [2.45, 2.75) is 26.2 Å². The molecular weight excluding hydrogens is 304 g/mol. The Morgan fingerprint density at radius 1 is 1.36 bits per heavy atom. The van der Waals surface area contributed by atoms with E-state index >= 15 is 0 Å². The van der Waals surface area contributed by atoms with Crippen molar-refractivity contribution in [3.8, 4) is 5.75 Å². The zero-order chi connectivity index (χ0) is 16.1. The van der Waals surface area contributed by atoms with Gasteiger partial charge < -0.3 is 15.3 Å². The van der Waals surface area contributed by atoms with Crippen molar-refractivity contribution in [2.24, 2.45) is 5.92 Å². The third-order valence-electron chi connectivity index (χ3n) is 3.89. The number of carbonyl (C=O) groups is 2. The first-order chi connectivity index (χ1) is 10.5. The standard InChI is InChI=1S/C16H21ClN2O3/c1-2-7-18-15(21)11-5-8-19(9-6-11)16(22)13-10-12(17)3-4-14(13)20/h3-4,10-11,20H,2,5-9H2,1H3,(H,18,21). The number of nitrogens with one attached hydrogen (secondary N) is 1. The van der Waals surface area contributed by atoms with E-state index in [1.165, 1.54) is 18.2 Å². The predicted molar refractivity (Wildman–Crippen MR) is 85.0 cm³/mol. The fourth-order valence-electron chi connectivity index (χ4n) is 2.59. The molecule has 0 atom stereocenters. The highest BCUT2D eigenvalue weighted by molar-refractivity contribution is 6.31. The van der Waals surface area contributed by atoms with Crippen LogP contribution in [0.3, 0.4) is 0 Å². The zero-order valence-electron chi connectivity index (χ0n) is 12.6. The van der Waals surface area contributed by atoms with E-state index in [4.69, 9.17) is 11.6 Å². The van der Waals surface area contributed by atoms with Gasteiger partial charge in [0.15, 0.2) is 0 Å². The normalized spacial score (nSPS) is 15.6. The fraction of sp³-hybridized carbons (Fsp3) is 0.500. The molecule has 0 radical (unpaired) electrons. The molecule has 1 aromatic carbocycles. The number of piperidine rings is 1. The molecule has 0 saturated carbocycles. The molecule has 2 N–H and O–H groups in total. The largest absolute Gasteiger partial charge is 0.507 e. The van der Waals surface area contributed by atoms with Crippen molar-refractivity contribution < 1.29 is 14.7 Å². The highest BCUT2D eigenvalue weighted by Gasteiger charge is 2.28. The quantitative estimate of drug-likeness (QED) is 0.893. The Bertz CT molecular complexity index is 554. The van der Waals surface area contributed by atoms with Crippen LogP contribution < -0.4 is 5.32 Å². The molecule has 1 fully saturated rings. The molecule has 6 heteroatoms. The van der Waals surface area contributed by atoms with Gasteiger partial charge in [0.25, 0.3) is 5.91 Å². The molecule has 0 spiro atoms. The lowest BCUT2D eigenvalue weighted by atomic mass is 9.95. The number of carbonyl (C=O) groups excluding carboxylic acids is 2. The lowest BCUT2D eigenvalue weighted by Crippen LogP contribution is -2.43. The predicted octanol–water partition coefficient (Wildman–Crippen LogP) is 2.42. The summed E-state index contributed by atoms with van der Waals surface area (Å²) in [6, 6.07) is 4.43. The van der Waals surface area contributed by atoms with Crippen LogP contribution in [0.4, 0.5) is 0 Å². The number of nitrogens with zero attached hydrogens (tertiary/aromatic N) is 1. The molecule has 2 amide bonds. The van der Waals surface area contributed by atoms with Crippen LogP contribution in [0.25, 0.3) is 0 Å². The summed E-state index contributed by atoms with van der Waals surface area (Å²) in [5.74, 6) is -0.285. The van der Waals surface area contributed by atoms with Gasteiger partial charge in [-0.2, -0.15) is 0 Å². The van der Waals surface area contributed by atoms with E-state index < -0.39 is 0 Å². The van der Waals surface area contributed by atoms with Crippen LogP contribution in [0.15, 0.2) is 18.2 Å². The van der Waals surface area contributed by atoms with Crippen molar-refractivity contribution in [1.82, 2.24) is 10.2 Å². The lowest BCUT2D eigenvalue weighted by molar-refractivity contribution is -0.126. The Hall–Kier alpha value is -1.75. The smallest absolute Gasteiger partial charge is 0.257 e. The minimum absolute atomic E-state index is 0.0384. The lowest BCUT2D eigenvalue weighted by Gasteiger charge is -2.31. The van der Waals surface area contributed by atoms with Crippen LogP contribution in [0.1, 0.15) is 36.5 Å². The molecule has 0 unspecified atom stereocenters. The summed E-state index contributed by atoms with van der Waals surface area (Å²) in [6.45, 7) is 3.72. The summed E-state index contributed by atoms with van der Waals surface area (Å²) < 4.78 is 0. The van der Waals surface area contributed by atoms with Crippen LogP contribution in [0.5, 0.6) is 5.75 Å². The Morgan fingerprint density at radius 2 is 2.05 bits per heavy atom. The topological polar surface area (TPSA) is 69.6 Å². The second-order valence-electron chi connectivity index (χ2n) is 5.52. The molecule has 1 aliphatic heterocycles. The minimum Gasteiger partial charge on any atom is -0.507 e. The monoisotopic (exact) mass is 324 g/mol. The second-order valence-corrected chi connectivity index (χ2v) is 5.96. The summed E-state index contributed by atoms with van der Waals surface area (Å²) in [5, 5.41) is 13.1. The number of likely N-dealkylation sites (tertiary alicyclic amines) is 1. The summed E-state index contributed by atoms with van der Waals surface area (Å²) in [5.41, 5.74) is 0.210. The van der Waals surface area contributed by atoms with E-state index in [0.29, 0.717) is 37.5 Å². The Labute approximate surface area is 135 Å². The van der Waals surface area contributed by atoms with Crippen molar-refractivity contribution in [2.75, 3.05) is 19.6 Å². The van der Waals surface area contributed by atoms with Gasteiger partial charge in [0.1, 0.15) is 5.75 Å². The Morgan fingerprint density at radius 3 is 2.68 bits per heavy atom. The van der Waals surface area contributed by atoms with Crippen molar-refractivity contribution in [3.05, 3.63) is 28.8 Å². The van der Waals surface area contributed by atoms with Gasteiger partial charge in [0.2, 0.25) is 5.91 Å². The van der Waals surface area contributed by atoms with E-state index in [2.05, 4.69) is 5.32 Å². The van der Waals surface area contributed by atoms with Gasteiger partial charge in [-0.3, -0.25) is 9.59 Å². The molecule has 1 aliphatic rings. The van der Waals surface area contributed by atoms with E-state index in [-0.39, 0.29) is 29.0 Å². The molecule has 1 saturated heterocycles. The first-order valence-corrected chi connectivity index (χ1v) is 7.96. The third-order valence-corrected chi connectivity index (χ3v) is 4.13. The van der Waals surface area contributed by atoms with Crippen LogP contribution >= 0.6 is 11.6 Å². The third kappa shape index (κ3) is 3.91. The van der Waals surface area contributed by atoms with E-state index in [1.54, 1.807) is 4.90 Å². The minimum atomic E-state index is -0.243. The zero-order valence-corrected chi connectivity index (χ0v) is 13.4. The maximum absolute atomic E-state index is 12.4. The van der Waals surface area contributed by atoms with Gasteiger partial charge in [-0.15, -0.1) is 0 Å². The highest BCUT2D eigenvalue weighted by Crippen LogP contribution is 2.25. The van der Waals surface area contributed by atoms with Crippen molar-refractivity contribution >= 4 is 23.4 Å². The van der Waals surface area contributed by atoms with Gasteiger partial charge >= 0.3 is 0 Å². The SMILES string of the molecule is CCCNC(=O)C1CCN(C(=O)c2cc(Cl)ccc2O)CC1. The molecule has 2 rings (SSSR count). The summed E-state index contributed by atoms with van der Waals surface area (Å²) >= 11 is 5.88. The Balaban J connectivity index is 1.95. The summed E-state index contributed by atoms with van der Waals surface area (Å²) in [7, 11) is 0. The van der Waals surface area contributed by atoms with Gasteiger partial charge in [0.05, 0.1) is 5.56 Å². The fourth-order valence-corrected chi connectivity index (χ4v) is 2.76. The average Bonchev–Trinajstić information content (AvgIpc) is 2.54. The number of hydrogen-bond acceptors (Lipinski definition) is 3. The van der Waals surface area contributed by atoms with E-state index in [1.807, 2.05) is 6.92 Å². The summed E-state index contributed by atoms with van der Waals surface area (Å²) in [4.78, 5) is 26.0. The molecule has 1 aromatic rings.